The zero-order valence-corrected chi connectivity index (χ0v) is 14.4. The van der Waals surface area contributed by atoms with E-state index in [1.807, 2.05) is 32.9 Å². The van der Waals surface area contributed by atoms with E-state index in [1.165, 1.54) is 6.07 Å². The highest BCUT2D eigenvalue weighted by molar-refractivity contribution is 5.75. The smallest absolute Gasteiger partial charge is 0.318 e. The SMILES string of the molecule is CCN(C(=O)N[C@@H](C)Cc1ccccc1F)[C@@H](C)c1cccnc1. The summed E-state index contributed by atoms with van der Waals surface area (Å²) in [6, 6.07) is 10.1. The number of hydrogen-bond donors (Lipinski definition) is 1. The zero-order chi connectivity index (χ0) is 17.5. The molecule has 2 atom stereocenters. The lowest BCUT2D eigenvalue weighted by atomic mass is 10.1. The van der Waals surface area contributed by atoms with E-state index < -0.39 is 0 Å². The summed E-state index contributed by atoms with van der Waals surface area (Å²) in [7, 11) is 0. The average molecular weight is 329 g/mol. The summed E-state index contributed by atoms with van der Waals surface area (Å²) in [5.41, 5.74) is 1.59. The molecule has 24 heavy (non-hydrogen) atoms. The second kappa shape index (κ2) is 8.43. The minimum absolute atomic E-state index is 0.0793. The summed E-state index contributed by atoms with van der Waals surface area (Å²) in [6.45, 7) is 6.37. The normalized spacial score (nSPS) is 13.2. The Labute approximate surface area is 142 Å². The summed E-state index contributed by atoms with van der Waals surface area (Å²) >= 11 is 0. The molecule has 0 aliphatic rings. The molecule has 4 nitrogen and oxygen atoms in total. The lowest BCUT2D eigenvalue weighted by molar-refractivity contribution is 0.179. The molecule has 0 spiro atoms. The number of halogens is 1. The highest BCUT2D eigenvalue weighted by atomic mass is 19.1. The summed E-state index contributed by atoms with van der Waals surface area (Å²) in [5, 5.41) is 2.96. The number of urea groups is 1. The van der Waals surface area contributed by atoms with Gasteiger partial charge < -0.3 is 10.2 Å². The van der Waals surface area contributed by atoms with E-state index in [1.54, 1.807) is 35.5 Å². The van der Waals surface area contributed by atoms with Crippen LogP contribution >= 0.6 is 0 Å². The van der Waals surface area contributed by atoms with Crippen molar-refractivity contribution in [1.29, 1.82) is 0 Å². The molecule has 2 rings (SSSR count). The van der Waals surface area contributed by atoms with Crippen LogP contribution in [-0.2, 0) is 6.42 Å². The van der Waals surface area contributed by atoms with Crippen LogP contribution in [0.3, 0.4) is 0 Å². The van der Waals surface area contributed by atoms with E-state index in [2.05, 4.69) is 10.3 Å². The number of amides is 2. The number of nitrogens with zero attached hydrogens (tertiary/aromatic N) is 2. The summed E-state index contributed by atoms with van der Waals surface area (Å²) in [4.78, 5) is 18.4. The van der Waals surface area contributed by atoms with Crippen LogP contribution in [0.1, 0.15) is 37.9 Å². The number of carbonyl (C=O) groups excluding carboxylic acids is 1. The highest BCUT2D eigenvalue weighted by Gasteiger charge is 2.21. The van der Waals surface area contributed by atoms with Crippen LogP contribution in [-0.4, -0.2) is 28.5 Å². The molecule has 0 radical (unpaired) electrons. The zero-order valence-electron chi connectivity index (χ0n) is 14.4. The molecular weight excluding hydrogens is 305 g/mol. The van der Waals surface area contributed by atoms with E-state index in [0.717, 1.165) is 5.56 Å². The molecule has 2 amide bonds. The quantitative estimate of drug-likeness (QED) is 0.872. The van der Waals surface area contributed by atoms with Crippen molar-refractivity contribution in [1.82, 2.24) is 15.2 Å². The average Bonchev–Trinajstić information content (AvgIpc) is 2.58. The third-order valence-electron chi connectivity index (χ3n) is 4.09. The van der Waals surface area contributed by atoms with E-state index in [-0.39, 0.29) is 23.9 Å². The van der Waals surface area contributed by atoms with Gasteiger partial charge in [0.25, 0.3) is 0 Å². The van der Waals surface area contributed by atoms with Crippen molar-refractivity contribution in [2.24, 2.45) is 0 Å². The molecular formula is C19H24FN3O. The molecule has 1 aromatic carbocycles. The van der Waals surface area contributed by atoms with Crippen molar-refractivity contribution in [2.75, 3.05) is 6.54 Å². The molecule has 0 aliphatic heterocycles. The number of pyridine rings is 1. The predicted octanol–water partition coefficient (Wildman–Crippen LogP) is 3.94. The summed E-state index contributed by atoms with van der Waals surface area (Å²) in [6.07, 6.45) is 3.93. The Hall–Kier alpha value is -2.43. The highest BCUT2D eigenvalue weighted by Crippen LogP contribution is 2.19. The first-order valence-corrected chi connectivity index (χ1v) is 8.23. The van der Waals surface area contributed by atoms with E-state index >= 15 is 0 Å². The number of nitrogens with one attached hydrogen (secondary N) is 1. The van der Waals surface area contributed by atoms with Gasteiger partial charge >= 0.3 is 6.03 Å². The molecule has 128 valence electrons. The van der Waals surface area contributed by atoms with Crippen LogP contribution in [0.5, 0.6) is 0 Å². The van der Waals surface area contributed by atoms with Crippen LogP contribution in [0.25, 0.3) is 0 Å². The van der Waals surface area contributed by atoms with Gasteiger partial charge in [-0.2, -0.15) is 0 Å². The molecule has 1 aromatic heterocycles. The molecule has 1 N–H and O–H groups in total. The Morgan fingerprint density at radius 3 is 2.62 bits per heavy atom. The summed E-state index contributed by atoms with van der Waals surface area (Å²) in [5.74, 6) is -0.241. The number of rotatable bonds is 6. The van der Waals surface area contributed by atoms with Gasteiger partial charge in [0, 0.05) is 25.0 Å². The predicted molar refractivity (Wildman–Crippen MR) is 93.1 cm³/mol. The number of hydrogen-bond acceptors (Lipinski definition) is 2. The molecule has 1 heterocycles. The van der Waals surface area contributed by atoms with Gasteiger partial charge in [-0.3, -0.25) is 4.98 Å². The third kappa shape index (κ3) is 4.54. The Morgan fingerprint density at radius 2 is 2.00 bits per heavy atom. The number of benzene rings is 1. The van der Waals surface area contributed by atoms with Gasteiger partial charge in [0.1, 0.15) is 5.82 Å². The second-order valence-corrected chi connectivity index (χ2v) is 5.89. The standard InChI is InChI=1S/C19H24FN3O/c1-4-23(15(3)17-9-7-11-21-13-17)19(24)22-14(2)12-16-8-5-6-10-18(16)20/h5-11,13-15H,4,12H2,1-3H3,(H,22,24)/t14-,15-/m0/s1. The van der Waals surface area contributed by atoms with E-state index in [0.29, 0.717) is 18.5 Å². The Kier molecular flexibility index (Phi) is 6.29. The third-order valence-corrected chi connectivity index (χ3v) is 4.09. The van der Waals surface area contributed by atoms with Gasteiger partial charge in [0.05, 0.1) is 6.04 Å². The Bertz CT molecular complexity index is 663. The fourth-order valence-corrected chi connectivity index (χ4v) is 2.73. The van der Waals surface area contributed by atoms with Crippen LogP contribution in [0.4, 0.5) is 9.18 Å². The van der Waals surface area contributed by atoms with E-state index in [9.17, 15) is 9.18 Å². The molecule has 0 unspecified atom stereocenters. The topological polar surface area (TPSA) is 45.2 Å². The maximum Gasteiger partial charge on any atom is 0.318 e. The van der Waals surface area contributed by atoms with E-state index in [4.69, 9.17) is 0 Å². The van der Waals surface area contributed by atoms with Crippen LogP contribution in [0.15, 0.2) is 48.8 Å². The fourth-order valence-electron chi connectivity index (χ4n) is 2.73. The molecule has 0 saturated heterocycles. The van der Waals surface area contributed by atoms with Crippen LogP contribution in [0, 0.1) is 5.82 Å². The first-order chi connectivity index (χ1) is 11.5. The minimum atomic E-state index is -0.241. The molecule has 0 fully saturated rings. The maximum atomic E-state index is 13.7. The van der Waals surface area contributed by atoms with Crippen molar-refractivity contribution in [2.45, 2.75) is 39.3 Å². The lowest BCUT2D eigenvalue weighted by Crippen LogP contribution is -2.45. The lowest BCUT2D eigenvalue weighted by Gasteiger charge is -2.30. The maximum absolute atomic E-state index is 13.7. The number of aromatic nitrogens is 1. The molecule has 0 saturated carbocycles. The fraction of sp³-hybridized carbons (Fsp3) is 0.368. The van der Waals surface area contributed by atoms with Crippen molar-refractivity contribution < 1.29 is 9.18 Å². The molecule has 2 aromatic rings. The second-order valence-electron chi connectivity index (χ2n) is 5.89. The van der Waals surface area contributed by atoms with Crippen molar-refractivity contribution in [3.8, 4) is 0 Å². The van der Waals surface area contributed by atoms with Gasteiger partial charge in [0.15, 0.2) is 0 Å². The van der Waals surface area contributed by atoms with Crippen LogP contribution in [0.2, 0.25) is 0 Å². The van der Waals surface area contributed by atoms with Gasteiger partial charge in [0.2, 0.25) is 0 Å². The van der Waals surface area contributed by atoms with Gasteiger partial charge in [-0.25, -0.2) is 9.18 Å². The molecule has 0 aliphatic carbocycles. The van der Waals surface area contributed by atoms with Crippen molar-refractivity contribution >= 4 is 6.03 Å². The van der Waals surface area contributed by atoms with Gasteiger partial charge in [-0.1, -0.05) is 24.3 Å². The van der Waals surface area contributed by atoms with Gasteiger partial charge in [-0.05, 0) is 50.5 Å². The van der Waals surface area contributed by atoms with Crippen molar-refractivity contribution in [3.05, 3.63) is 65.7 Å². The largest absolute Gasteiger partial charge is 0.335 e. The van der Waals surface area contributed by atoms with Crippen LogP contribution < -0.4 is 5.32 Å². The monoisotopic (exact) mass is 329 g/mol. The first kappa shape index (κ1) is 17.9. The summed E-state index contributed by atoms with van der Waals surface area (Å²) < 4.78 is 13.7. The minimum Gasteiger partial charge on any atom is -0.335 e. The van der Waals surface area contributed by atoms with Crippen molar-refractivity contribution in [3.63, 3.8) is 0 Å². The molecule has 0 bridgehead atoms. The first-order valence-electron chi connectivity index (χ1n) is 8.23. The molecule has 5 heteroatoms. The Balaban J connectivity index is 2.00. The number of carbonyl (C=O) groups is 1. The van der Waals surface area contributed by atoms with Gasteiger partial charge in [-0.15, -0.1) is 0 Å². The Morgan fingerprint density at radius 1 is 1.25 bits per heavy atom.